The lowest BCUT2D eigenvalue weighted by Crippen LogP contribution is -2.30. The third-order valence-corrected chi connectivity index (χ3v) is 4.04. The molecule has 0 aliphatic carbocycles. The number of nitro benzene ring substituents is 1. The fraction of sp³-hybridized carbons (Fsp3) is 0.294. The largest absolute Gasteiger partial charge is 0.366 e. The predicted octanol–water partition coefficient (Wildman–Crippen LogP) is 3.23. The fourth-order valence-electron chi connectivity index (χ4n) is 2.84. The Labute approximate surface area is 139 Å². The van der Waals surface area contributed by atoms with Crippen LogP contribution in [-0.2, 0) is 0 Å². The molecule has 3 rings (SSSR count). The summed E-state index contributed by atoms with van der Waals surface area (Å²) in [7, 11) is 0. The summed E-state index contributed by atoms with van der Waals surface area (Å²) >= 11 is 0. The van der Waals surface area contributed by atoms with Crippen LogP contribution in [0.25, 0.3) is 0 Å². The molecule has 24 heavy (non-hydrogen) atoms. The second-order valence-electron chi connectivity index (χ2n) is 5.68. The molecular weight excluding hydrogens is 308 g/mol. The van der Waals surface area contributed by atoms with E-state index in [9.17, 15) is 14.9 Å². The van der Waals surface area contributed by atoms with E-state index in [0.717, 1.165) is 32.4 Å². The topological polar surface area (TPSA) is 88.4 Å². The van der Waals surface area contributed by atoms with Gasteiger partial charge in [0, 0.05) is 30.9 Å². The maximum atomic E-state index is 12.3. The second kappa shape index (κ2) is 7.08. The van der Waals surface area contributed by atoms with Gasteiger partial charge in [-0.3, -0.25) is 14.9 Å². The van der Waals surface area contributed by atoms with Crippen LogP contribution in [0, 0.1) is 10.1 Å². The van der Waals surface area contributed by atoms with Gasteiger partial charge in [0.2, 0.25) is 0 Å². The van der Waals surface area contributed by atoms with Crippen molar-refractivity contribution < 1.29 is 9.72 Å². The van der Waals surface area contributed by atoms with Crippen molar-refractivity contribution in [3.8, 4) is 0 Å². The average molecular weight is 326 g/mol. The summed E-state index contributed by atoms with van der Waals surface area (Å²) in [6.07, 6.45) is 4.77. The van der Waals surface area contributed by atoms with Gasteiger partial charge in [-0.1, -0.05) is 6.07 Å². The van der Waals surface area contributed by atoms with Gasteiger partial charge in [-0.05, 0) is 43.5 Å². The van der Waals surface area contributed by atoms with Crippen LogP contribution in [0.3, 0.4) is 0 Å². The molecule has 0 saturated carbocycles. The van der Waals surface area contributed by atoms with E-state index in [0.29, 0.717) is 11.5 Å². The minimum Gasteiger partial charge on any atom is -0.366 e. The van der Waals surface area contributed by atoms with Crippen molar-refractivity contribution in [2.45, 2.75) is 19.3 Å². The molecule has 1 aromatic carbocycles. The molecule has 2 heterocycles. The van der Waals surface area contributed by atoms with Crippen LogP contribution in [-0.4, -0.2) is 28.9 Å². The van der Waals surface area contributed by atoms with Gasteiger partial charge >= 0.3 is 0 Å². The molecule has 1 N–H and O–H groups in total. The SMILES string of the molecule is O=C(Nc1ccccn1)c1ccc(N2CCCCC2)c([N+](=O)[O-])c1. The van der Waals surface area contributed by atoms with Crippen molar-refractivity contribution in [1.82, 2.24) is 4.98 Å². The van der Waals surface area contributed by atoms with Crippen molar-refractivity contribution in [2.24, 2.45) is 0 Å². The first-order valence-corrected chi connectivity index (χ1v) is 7.91. The van der Waals surface area contributed by atoms with E-state index in [1.165, 1.54) is 6.07 Å². The monoisotopic (exact) mass is 326 g/mol. The number of piperidine rings is 1. The van der Waals surface area contributed by atoms with Crippen LogP contribution >= 0.6 is 0 Å². The lowest BCUT2D eigenvalue weighted by molar-refractivity contribution is -0.384. The molecule has 0 atom stereocenters. The Morgan fingerprint density at radius 3 is 2.62 bits per heavy atom. The van der Waals surface area contributed by atoms with Gasteiger partial charge in [-0.25, -0.2) is 4.98 Å². The number of anilines is 2. The third kappa shape index (κ3) is 3.51. The summed E-state index contributed by atoms with van der Waals surface area (Å²) in [5.74, 6) is -0.00717. The maximum Gasteiger partial charge on any atom is 0.293 e. The molecule has 0 unspecified atom stereocenters. The molecule has 1 fully saturated rings. The standard InChI is InChI=1S/C17H18N4O3/c22-17(19-16-6-2-3-9-18-16)13-7-8-14(15(12-13)21(23)24)20-10-4-1-5-11-20/h2-3,6-9,12H,1,4-5,10-11H2,(H,18,19,22). The Balaban J connectivity index is 1.85. The highest BCUT2D eigenvalue weighted by Crippen LogP contribution is 2.31. The molecule has 7 heteroatoms. The van der Waals surface area contributed by atoms with Gasteiger partial charge in [0.25, 0.3) is 11.6 Å². The van der Waals surface area contributed by atoms with Gasteiger partial charge in [-0.15, -0.1) is 0 Å². The number of pyridine rings is 1. The van der Waals surface area contributed by atoms with Gasteiger partial charge in [0.15, 0.2) is 0 Å². The molecule has 1 aliphatic rings. The second-order valence-corrected chi connectivity index (χ2v) is 5.68. The number of amides is 1. The van der Waals surface area contributed by atoms with E-state index in [4.69, 9.17) is 0 Å². The zero-order chi connectivity index (χ0) is 16.9. The minimum absolute atomic E-state index is 0.0365. The number of rotatable bonds is 4. The summed E-state index contributed by atoms with van der Waals surface area (Å²) in [6.45, 7) is 1.61. The highest BCUT2D eigenvalue weighted by Gasteiger charge is 2.23. The van der Waals surface area contributed by atoms with Crippen LogP contribution in [0.5, 0.6) is 0 Å². The Hall–Kier alpha value is -2.96. The highest BCUT2D eigenvalue weighted by molar-refractivity contribution is 6.04. The molecule has 124 valence electrons. The predicted molar refractivity (Wildman–Crippen MR) is 91.4 cm³/mol. The first kappa shape index (κ1) is 15.9. The summed E-state index contributed by atoms with van der Waals surface area (Å²) in [5.41, 5.74) is 0.785. The molecule has 0 radical (unpaired) electrons. The van der Waals surface area contributed by atoms with Gasteiger partial charge < -0.3 is 10.2 Å². The minimum atomic E-state index is -0.429. The fourth-order valence-corrected chi connectivity index (χ4v) is 2.84. The molecule has 1 aliphatic heterocycles. The molecule has 0 spiro atoms. The number of carbonyl (C=O) groups excluding carboxylic acids is 1. The molecule has 1 amide bonds. The van der Waals surface area contributed by atoms with E-state index >= 15 is 0 Å². The zero-order valence-corrected chi connectivity index (χ0v) is 13.1. The third-order valence-electron chi connectivity index (χ3n) is 4.04. The molecule has 0 bridgehead atoms. The quantitative estimate of drug-likeness (QED) is 0.688. The van der Waals surface area contributed by atoms with Crippen LogP contribution in [0.15, 0.2) is 42.6 Å². The normalized spacial score (nSPS) is 14.2. The molecule has 1 aromatic heterocycles. The summed E-state index contributed by atoms with van der Waals surface area (Å²) < 4.78 is 0. The smallest absolute Gasteiger partial charge is 0.293 e. The van der Waals surface area contributed by atoms with Crippen LogP contribution < -0.4 is 10.2 Å². The van der Waals surface area contributed by atoms with Crippen LogP contribution in [0.2, 0.25) is 0 Å². The number of hydrogen-bond acceptors (Lipinski definition) is 5. The Bertz CT molecular complexity index is 743. The van der Waals surface area contributed by atoms with Crippen molar-refractivity contribution in [3.05, 3.63) is 58.3 Å². The first-order chi connectivity index (χ1) is 11.6. The van der Waals surface area contributed by atoms with E-state index in [1.807, 2.05) is 4.90 Å². The Kier molecular flexibility index (Phi) is 4.69. The van der Waals surface area contributed by atoms with Crippen molar-refractivity contribution >= 4 is 23.1 Å². The summed E-state index contributed by atoms with van der Waals surface area (Å²) in [4.78, 5) is 29.3. The first-order valence-electron chi connectivity index (χ1n) is 7.91. The highest BCUT2D eigenvalue weighted by atomic mass is 16.6. The van der Waals surface area contributed by atoms with Gasteiger partial charge in [0.05, 0.1) is 4.92 Å². The molecule has 7 nitrogen and oxygen atoms in total. The van der Waals surface area contributed by atoms with Crippen LogP contribution in [0.1, 0.15) is 29.6 Å². The van der Waals surface area contributed by atoms with E-state index in [2.05, 4.69) is 10.3 Å². The average Bonchev–Trinajstić information content (AvgIpc) is 2.62. The number of nitrogens with zero attached hydrogens (tertiary/aromatic N) is 3. The lowest BCUT2D eigenvalue weighted by Gasteiger charge is -2.28. The van der Waals surface area contributed by atoms with Crippen molar-refractivity contribution in [3.63, 3.8) is 0 Å². The Morgan fingerprint density at radius 1 is 1.17 bits per heavy atom. The number of hydrogen-bond donors (Lipinski definition) is 1. The number of benzene rings is 1. The lowest BCUT2D eigenvalue weighted by atomic mass is 10.1. The maximum absolute atomic E-state index is 12.3. The van der Waals surface area contributed by atoms with Gasteiger partial charge in [-0.2, -0.15) is 0 Å². The summed E-state index contributed by atoms with van der Waals surface area (Å²) in [6, 6.07) is 9.78. The van der Waals surface area contributed by atoms with E-state index in [1.54, 1.807) is 36.5 Å². The number of carbonyl (C=O) groups is 1. The number of nitrogens with one attached hydrogen (secondary N) is 1. The molecular formula is C17H18N4O3. The number of aromatic nitrogens is 1. The Morgan fingerprint density at radius 2 is 1.96 bits per heavy atom. The molecule has 1 saturated heterocycles. The number of nitro groups is 1. The van der Waals surface area contributed by atoms with Gasteiger partial charge in [0.1, 0.15) is 11.5 Å². The zero-order valence-electron chi connectivity index (χ0n) is 13.1. The van der Waals surface area contributed by atoms with Crippen molar-refractivity contribution in [2.75, 3.05) is 23.3 Å². The van der Waals surface area contributed by atoms with Crippen LogP contribution in [0.4, 0.5) is 17.2 Å². The summed E-state index contributed by atoms with van der Waals surface area (Å²) in [5, 5.41) is 14.1. The molecule has 2 aromatic rings. The van der Waals surface area contributed by atoms with E-state index < -0.39 is 10.8 Å². The van der Waals surface area contributed by atoms with Crippen molar-refractivity contribution in [1.29, 1.82) is 0 Å². The van der Waals surface area contributed by atoms with E-state index in [-0.39, 0.29) is 11.3 Å².